The van der Waals surface area contributed by atoms with E-state index < -0.39 is 23.3 Å². The molecule has 0 saturated carbocycles. The summed E-state index contributed by atoms with van der Waals surface area (Å²) in [6, 6.07) is 10.2. The molecule has 0 bridgehead atoms. The normalized spacial score (nSPS) is 21.8. The van der Waals surface area contributed by atoms with E-state index in [9.17, 15) is 14.4 Å². The molecule has 0 aromatic heterocycles. The number of amides is 4. The maximum absolute atomic E-state index is 13.6. The highest BCUT2D eigenvalue weighted by Crippen LogP contribution is 2.41. The number of hydrogen-bond acceptors (Lipinski definition) is 4. The van der Waals surface area contributed by atoms with Gasteiger partial charge in [-0.2, -0.15) is 0 Å². The molecule has 2 aliphatic rings. The fourth-order valence-corrected chi connectivity index (χ4v) is 4.28. The number of urea groups is 1. The first-order valence-electron chi connectivity index (χ1n) is 9.00. The zero-order valence-electron chi connectivity index (χ0n) is 15.9. The van der Waals surface area contributed by atoms with Crippen molar-refractivity contribution in [1.29, 1.82) is 0 Å². The summed E-state index contributed by atoms with van der Waals surface area (Å²) in [5.74, 6) is -1.08. The lowest BCUT2D eigenvalue weighted by atomic mass is 9.74. The Bertz CT molecular complexity index is 1040. The molecule has 2 aliphatic heterocycles. The van der Waals surface area contributed by atoms with E-state index in [1.165, 1.54) is 0 Å². The SMILES string of the molecule is Cc1ccc2c(c1)CC1(CN2C)C(=O)NC(=O)N(c2cc(Cl)ccc2C)C1=O. The average Bonchev–Trinajstić information content (AvgIpc) is 2.63. The Morgan fingerprint density at radius 3 is 2.54 bits per heavy atom. The Labute approximate surface area is 168 Å². The van der Waals surface area contributed by atoms with Crippen molar-refractivity contribution in [2.75, 3.05) is 23.4 Å². The number of nitrogens with zero attached hydrogens (tertiary/aromatic N) is 2. The monoisotopic (exact) mass is 397 g/mol. The van der Waals surface area contributed by atoms with Gasteiger partial charge in [0.2, 0.25) is 5.91 Å². The number of rotatable bonds is 1. The zero-order chi connectivity index (χ0) is 20.2. The number of carbonyl (C=O) groups is 3. The Morgan fingerprint density at radius 1 is 1.04 bits per heavy atom. The molecule has 4 rings (SSSR count). The molecule has 2 heterocycles. The predicted molar refractivity (Wildman–Crippen MR) is 108 cm³/mol. The van der Waals surface area contributed by atoms with Crippen LogP contribution in [0.15, 0.2) is 36.4 Å². The Balaban J connectivity index is 1.83. The van der Waals surface area contributed by atoms with Gasteiger partial charge in [0, 0.05) is 24.3 Å². The van der Waals surface area contributed by atoms with Crippen molar-refractivity contribution in [2.24, 2.45) is 5.41 Å². The van der Waals surface area contributed by atoms with Crippen LogP contribution >= 0.6 is 11.6 Å². The highest BCUT2D eigenvalue weighted by Gasteiger charge is 2.56. The lowest BCUT2D eigenvalue weighted by molar-refractivity contribution is -0.142. The van der Waals surface area contributed by atoms with Crippen molar-refractivity contribution in [3.05, 3.63) is 58.1 Å². The van der Waals surface area contributed by atoms with Crippen molar-refractivity contribution in [2.45, 2.75) is 20.3 Å². The number of nitrogens with one attached hydrogen (secondary N) is 1. The van der Waals surface area contributed by atoms with Crippen molar-refractivity contribution in [1.82, 2.24) is 5.32 Å². The van der Waals surface area contributed by atoms with Gasteiger partial charge < -0.3 is 4.90 Å². The van der Waals surface area contributed by atoms with Gasteiger partial charge in [0.1, 0.15) is 0 Å². The van der Waals surface area contributed by atoms with Crippen molar-refractivity contribution < 1.29 is 14.4 Å². The standard InChI is InChI=1S/C21H20ClN3O3/c1-12-4-7-16-14(8-12)10-21(11-24(16)3)18(26)23-20(28)25(19(21)27)17-9-15(22)6-5-13(17)2/h4-9H,10-11H2,1-3H3,(H,23,26,28). The van der Waals surface area contributed by atoms with Crippen LogP contribution in [0, 0.1) is 19.3 Å². The summed E-state index contributed by atoms with van der Waals surface area (Å²) in [6.45, 7) is 3.95. The van der Waals surface area contributed by atoms with Gasteiger partial charge in [0.05, 0.1) is 5.69 Å². The lowest BCUT2D eigenvalue weighted by Gasteiger charge is -2.45. The van der Waals surface area contributed by atoms with E-state index >= 15 is 0 Å². The first-order valence-corrected chi connectivity index (χ1v) is 9.37. The van der Waals surface area contributed by atoms with Gasteiger partial charge in [-0.1, -0.05) is 35.4 Å². The molecule has 1 N–H and O–H groups in total. The molecule has 2 aromatic carbocycles. The van der Waals surface area contributed by atoms with Crippen molar-refractivity contribution in [3.8, 4) is 0 Å². The molecular weight excluding hydrogens is 378 g/mol. The first kappa shape index (κ1) is 18.5. The molecule has 1 unspecified atom stereocenters. The lowest BCUT2D eigenvalue weighted by Crippen LogP contribution is -2.68. The molecule has 28 heavy (non-hydrogen) atoms. The first-order chi connectivity index (χ1) is 13.2. The molecule has 4 amide bonds. The van der Waals surface area contributed by atoms with Crippen LogP contribution in [0.5, 0.6) is 0 Å². The van der Waals surface area contributed by atoms with Crippen LogP contribution in [-0.4, -0.2) is 31.4 Å². The molecule has 6 nitrogen and oxygen atoms in total. The van der Waals surface area contributed by atoms with Gasteiger partial charge in [-0.25, -0.2) is 9.69 Å². The van der Waals surface area contributed by atoms with Crippen LogP contribution in [-0.2, 0) is 16.0 Å². The van der Waals surface area contributed by atoms with E-state index in [4.69, 9.17) is 11.6 Å². The third-order valence-corrected chi connectivity index (χ3v) is 5.76. The van der Waals surface area contributed by atoms with E-state index in [1.807, 2.05) is 37.1 Å². The second-order valence-electron chi connectivity index (χ2n) is 7.58. The number of fused-ring (bicyclic) bond motifs is 1. The fourth-order valence-electron chi connectivity index (χ4n) is 4.11. The quantitative estimate of drug-likeness (QED) is 0.750. The summed E-state index contributed by atoms with van der Waals surface area (Å²) >= 11 is 6.10. The van der Waals surface area contributed by atoms with Crippen LogP contribution in [0.3, 0.4) is 0 Å². The molecule has 144 valence electrons. The van der Waals surface area contributed by atoms with Crippen LogP contribution in [0.2, 0.25) is 5.02 Å². The van der Waals surface area contributed by atoms with Gasteiger partial charge in [-0.05, 0) is 49.6 Å². The minimum atomic E-state index is -1.38. The highest BCUT2D eigenvalue weighted by molar-refractivity contribution is 6.33. The summed E-state index contributed by atoms with van der Waals surface area (Å²) in [4.78, 5) is 42.1. The van der Waals surface area contributed by atoms with E-state index in [0.29, 0.717) is 10.7 Å². The molecule has 1 saturated heterocycles. The van der Waals surface area contributed by atoms with Gasteiger partial charge in [0.15, 0.2) is 5.41 Å². The average molecular weight is 398 g/mol. The Hall–Kier alpha value is -2.86. The zero-order valence-corrected chi connectivity index (χ0v) is 16.6. The molecule has 1 fully saturated rings. The van der Waals surface area contributed by atoms with Crippen LogP contribution in [0.25, 0.3) is 0 Å². The summed E-state index contributed by atoms with van der Waals surface area (Å²) in [6.07, 6.45) is 0.239. The van der Waals surface area contributed by atoms with Gasteiger partial charge in [0.25, 0.3) is 5.91 Å². The van der Waals surface area contributed by atoms with Gasteiger partial charge >= 0.3 is 6.03 Å². The predicted octanol–water partition coefficient (Wildman–Crippen LogP) is 3.22. The van der Waals surface area contributed by atoms with E-state index in [0.717, 1.165) is 27.3 Å². The number of carbonyl (C=O) groups excluding carboxylic acids is 3. The minimum Gasteiger partial charge on any atom is -0.373 e. The summed E-state index contributed by atoms with van der Waals surface area (Å²) in [5, 5.41) is 2.80. The molecule has 2 aromatic rings. The number of halogens is 1. The maximum atomic E-state index is 13.6. The van der Waals surface area contributed by atoms with E-state index in [-0.39, 0.29) is 13.0 Å². The fraction of sp³-hybridized carbons (Fsp3) is 0.286. The number of imide groups is 2. The van der Waals surface area contributed by atoms with Crippen LogP contribution in [0.4, 0.5) is 16.2 Å². The largest absolute Gasteiger partial charge is 0.373 e. The Kier molecular flexibility index (Phi) is 4.19. The molecule has 0 radical (unpaired) electrons. The van der Waals surface area contributed by atoms with Gasteiger partial charge in [-0.3, -0.25) is 14.9 Å². The second-order valence-corrected chi connectivity index (χ2v) is 8.01. The molecule has 7 heteroatoms. The number of anilines is 2. The minimum absolute atomic E-state index is 0.192. The van der Waals surface area contributed by atoms with Crippen molar-refractivity contribution >= 4 is 40.8 Å². The summed E-state index contributed by atoms with van der Waals surface area (Å²) in [5.41, 5.74) is 2.68. The highest BCUT2D eigenvalue weighted by atomic mass is 35.5. The number of benzene rings is 2. The summed E-state index contributed by atoms with van der Waals surface area (Å²) in [7, 11) is 1.85. The maximum Gasteiger partial charge on any atom is 0.335 e. The number of hydrogen-bond donors (Lipinski definition) is 1. The van der Waals surface area contributed by atoms with Crippen LogP contribution in [0.1, 0.15) is 16.7 Å². The topological polar surface area (TPSA) is 69.7 Å². The molecule has 1 atom stereocenters. The third kappa shape index (κ3) is 2.67. The Morgan fingerprint density at radius 2 is 1.79 bits per heavy atom. The molecule has 1 spiro atoms. The number of barbiturate groups is 1. The van der Waals surface area contributed by atoms with E-state index in [2.05, 4.69) is 5.32 Å². The smallest absolute Gasteiger partial charge is 0.335 e. The van der Waals surface area contributed by atoms with E-state index in [1.54, 1.807) is 25.1 Å². The number of aryl methyl sites for hydroxylation is 2. The van der Waals surface area contributed by atoms with Crippen LogP contribution < -0.4 is 15.1 Å². The van der Waals surface area contributed by atoms with Crippen molar-refractivity contribution in [3.63, 3.8) is 0 Å². The molecular formula is C21H20ClN3O3. The third-order valence-electron chi connectivity index (χ3n) is 5.53. The summed E-state index contributed by atoms with van der Waals surface area (Å²) < 4.78 is 0. The second kappa shape index (κ2) is 6.34. The molecule has 0 aliphatic carbocycles. The van der Waals surface area contributed by atoms with Gasteiger partial charge in [-0.15, -0.1) is 0 Å².